The summed E-state index contributed by atoms with van der Waals surface area (Å²) in [6.45, 7) is 14.3. The lowest BCUT2D eigenvalue weighted by atomic mass is 9.67. The van der Waals surface area contributed by atoms with E-state index in [4.69, 9.17) is 0 Å². The second kappa shape index (κ2) is 8.13. The molecule has 0 saturated carbocycles. The van der Waals surface area contributed by atoms with E-state index in [2.05, 4.69) is 41.5 Å². The van der Waals surface area contributed by atoms with Gasteiger partial charge in [-0.25, -0.2) is 0 Å². The molecule has 1 heteroatoms. The SMILES string of the molecule is CCCC(CO)C(CC)CC(C)(CC)C(C)C. The van der Waals surface area contributed by atoms with Crippen molar-refractivity contribution in [1.29, 1.82) is 0 Å². The number of aliphatic hydroxyl groups is 1. The van der Waals surface area contributed by atoms with Gasteiger partial charge in [-0.3, -0.25) is 0 Å². The highest BCUT2D eigenvalue weighted by Gasteiger charge is 2.31. The minimum Gasteiger partial charge on any atom is -0.396 e. The smallest absolute Gasteiger partial charge is 0.0461 e. The molecule has 0 aromatic carbocycles. The Morgan fingerprint density at radius 1 is 1.06 bits per heavy atom. The normalized spacial score (nSPS) is 19.1. The molecule has 0 aliphatic rings. The molecule has 3 unspecified atom stereocenters. The zero-order chi connectivity index (χ0) is 13.5. The molecule has 1 nitrogen and oxygen atoms in total. The molecule has 0 aliphatic heterocycles. The number of hydrogen-bond acceptors (Lipinski definition) is 1. The standard InChI is InChI=1S/C16H34O/c1-7-10-15(12-17)14(8-2)11-16(6,9-3)13(4)5/h13-15,17H,7-12H2,1-6H3. The van der Waals surface area contributed by atoms with Crippen LogP contribution < -0.4 is 0 Å². The molecule has 0 aromatic rings. The maximum Gasteiger partial charge on any atom is 0.0461 e. The van der Waals surface area contributed by atoms with Gasteiger partial charge < -0.3 is 5.11 Å². The van der Waals surface area contributed by atoms with Gasteiger partial charge in [0.05, 0.1) is 0 Å². The summed E-state index contributed by atoms with van der Waals surface area (Å²) < 4.78 is 0. The predicted octanol–water partition coefficient (Wildman–Crippen LogP) is 4.88. The molecule has 0 fully saturated rings. The van der Waals surface area contributed by atoms with E-state index in [1.807, 2.05) is 0 Å². The van der Waals surface area contributed by atoms with Crippen molar-refractivity contribution in [2.75, 3.05) is 6.61 Å². The molecule has 0 aromatic heterocycles. The van der Waals surface area contributed by atoms with Crippen molar-refractivity contribution in [3.8, 4) is 0 Å². The molecule has 1 N–H and O–H groups in total. The Morgan fingerprint density at radius 2 is 1.65 bits per heavy atom. The summed E-state index contributed by atoms with van der Waals surface area (Å²) in [4.78, 5) is 0. The average molecular weight is 242 g/mol. The number of aliphatic hydroxyl groups excluding tert-OH is 1. The van der Waals surface area contributed by atoms with E-state index in [0.29, 0.717) is 23.9 Å². The lowest BCUT2D eigenvalue weighted by Crippen LogP contribution is -2.30. The summed E-state index contributed by atoms with van der Waals surface area (Å²) in [5.41, 5.74) is 0.432. The fourth-order valence-electron chi connectivity index (χ4n) is 2.88. The summed E-state index contributed by atoms with van der Waals surface area (Å²) >= 11 is 0. The van der Waals surface area contributed by atoms with Crippen molar-refractivity contribution in [3.63, 3.8) is 0 Å². The zero-order valence-electron chi connectivity index (χ0n) is 12.9. The first kappa shape index (κ1) is 17.0. The van der Waals surface area contributed by atoms with Crippen LogP contribution in [0.15, 0.2) is 0 Å². The van der Waals surface area contributed by atoms with Crippen molar-refractivity contribution in [2.24, 2.45) is 23.2 Å². The number of hydrogen-bond donors (Lipinski definition) is 1. The first-order chi connectivity index (χ1) is 7.95. The van der Waals surface area contributed by atoms with Gasteiger partial charge in [0, 0.05) is 6.61 Å². The van der Waals surface area contributed by atoms with Crippen molar-refractivity contribution in [3.05, 3.63) is 0 Å². The molecule has 0 heterocycles. The van der Waals surface area contributed by atoms with Gasteiger partial charge in [-0.1, -0.05) is 60.8 Å². The van der Waals surface area contributed by atoms with Gasteiger partial charge >= 0.3 is 0 Å². The Labute approximate surface area is 109 Å². The monoisotopic (exact) mass is 242 g/mol. The highest BCUT2D eigenvalue weighted by Crippen LogP contribution is 2.41. The van der Waals surface area contributed by atoms with E-state index in [9.17, 15) is 5.11 Å². The average Bonchev–Trinajstić information content (AvgIpc) is 2.32. The lowest BCUT2D eigenvalue weighted by Gasteiger charge is -2.38. The van der Waals surface area contributed by atoms with Crippen molar-refractivity contribution in [1.82, 2.24) is 0 Å². The summed E-state index contributed by atoms with van der Waals surface area (Å²) in [6, 6.07) is 0. The first-order valence-electron chi connectivity index (χ1n) is 7.55. The van der Waals surface area contributed by atoms with E-state index in [0.717, 1.165) is 5.92 Å². The van der Waals surface area contributed by atoms with Crippen LogP contribution in [0, 0.1) is 23.2 Å². The molecule has 3 atom stereocenters. The zero-order valence-corrected chi connectivity index (χ0v) is 12.9. The molecule has 0 saturated heterocycles. The Bertz CT molecular complexity index is 188. The molecule has 0 spiro atoms. The van der Waals surface area contributed by atoms with Gasteiger partial charge in [0.2, 0.25) is 0 Å². The van der Waals surface area contributed by atoms with Gasteiger partial charge in [0.1, 0.15) is 0 Å². The fourth-order valence-corrected chi connectivity index (χ4v) is 2.88. The Kier molecular flexibility index (Phi) is 8.11. The van der Waals surface area contributed by atoms with Crippen LogP contribution in [0.3, 0.4) is 0 Å². The van der Waals surface area contributed by atoms with Gasteiger partial charge in [0.25, 0.3) is 0 Å². The third-order valence-corrected chi connectivity index (χ3v) is 5.02. The van der Waals surface area contributed by atoms with Crippen molar-refractivity contribution >= 4 is 0 Å². The molecule has 0 aliphatic carbocycles. The van der Waals surface area contributed by atoms with Gasteiger partial charge in [0.15, 0.2) is 0 Å². The van der Waals surface area contributed by atoms with E-state index in [1.54, 1.807) is 0 Å². The predicted molar refractivity (Wildman–Crippen MR) is 77.1 cm³/mol. The highest BCUT2D eigenvalue weighted by atomic mass is 16.3. The van der Waals surface area contributed by atoms with Crippen LogP contribution >= 0.6 is 0 Å². The molecule has 0 bridgehead atoms. The third-order valence-electron chi connectivity index (χ3n) is 5.02. The minimum absolute atomic E-state index is 0.365. The largest absolute Gasteiger partial charge is 0.396 e. The van der Waals surface area contributed by atoms with E-state index < -0.39 is 0 Å². The molecule has 0 amide bonds. The maximum atomic E-state index is 9.57. The molecule has 104 valence electrons. The van der Waals surface area contributed by atoms with Crippen LogP contribution in [0.25, 0.3) is 0 Å². The quantitative estimate of drug-likeness (QED) is 0.610. The van der Waals surface area contributed by atoms with Crippen LogP contribution in [0.4, 0.5) is 0 Å². The Balaban J connectivity index is 4.65. The van der Waals surface area contributed by atoms with E-state index in [-0.39, 0.29) is 0 Å². The molecule has 0 radical (unpaired) electrons. The fraction of sp³-hybridized carbons (Fsp3) is 1.00. The molecular formula is C16H34O. The Morgan fingerprint density at radius 3 is 1.94 bits per heavy atom. The minimum atomic E-state index is 0.365. The van der Waals surface area contributed by atoms with Gasteiger partial charge in [-0.2, -0.15) is 0 Å². The Hall–Kier alpha value is -0.0400. The van der Waals surface area contributed by atoms with Crippen LogP contribution in [-0.4, -0.2) is 11.7 Å². The van der Waals surface area contributed by atoms with Crippen LogP contribution in [0.1, 0.15) is 73.6 Å². The van der Waals surface area contributed by atoms with Crippen LogP contribution in [-0.2, 0) is 0 Å². The maximum absolute atomic E-state index is 9.57. The van der Waals surface area contributed by atoms with Gasteiger partial charge in [-0.05, 0) is 36.0 Å². The highest BCUT2D eigenvalue weighted by molar-refractivity contribution is 4.82. The molecule has 0 rings (SSSR count). The summed E-state index contributed by atoms with van der Waals surface area (Å²) in [5.74, 6) is 1.92. The van der Waals surface area contributed by atoms with Crippen molar-refractivity contribution < 1.29 is 5.11 Å². The second-order valence-corrected chi connectivity index (χ2v) is 6.27. The summed E-state index contributed by atoms with van der Waals surface area (Å²) in [6.07, 6.45) is 6.07. The third kappa shape index (κ3) is 4.99. The molecular weight excluding hydrogens is 208 g/mol. The second-order valence-electron chi connectivity index (χ2n) is 6.27. The van der Waals surface area contributed by atoms with Crippen LogP contribution in [0.5, 0.6) is 0 Å². The lowest BCUT2D eigenvalue weighted by molar-refractivity contribution is 0.0901. The van der Waals surface area contributed by atoms with Crippen LogP contribution in [0.2, 0.25) is 0 Å². The van der Waals surface area contributed by atoms with E-state index in [1.165, 1.54) is 32.1 Å². The topological polar surface area (TPSA) is 20.2 Å². The number of rotatable bonds is 9. The van der Waals surface area contributed by atoms with E-state index >= 15 is 0 Å². The summed E-state index contributed by atoms with van der Waals surface area (Å²) in [5, 5.41) is 9.57. The van der Waals surface area contributed by atoms with Gasteiger partial charge in [-0.15, -0.1) is 0 Å². The first-order valence-corrected chi connectivity index (χ1v) is 7.55. The summed E-state index contributed by atoms with van der Waals surface area (Å²) in [7, 11) is 0. The molecule has 17 heavy (non-hydrogen) atoms. The van der Waals surface area contributed by atoms with Crippen molar-refractivity contribution in [2.45, 2.75) is 73.6 Å².